The molecule has 118 valence electrons. The normalized spacial score (nSPS) is 15.2. The predicted octanol–water partition coefficient (Wildman–Crippen LogP) is 0.0430. The molecule has 2 rings (SSSR count). The number of primary sulfonamides is 1. The smallest absolute Gasteiger partial charge is 0.275 e. The lowest BCUT2D eigenvalue weighted by Crippen LogP contribution is -2.30. The summed E-state index contributed by atoms with van der Waals surface area (Å²) in [5.74, 6) is -0.357. The first kappa shape index (κ1) is 15.9. The third-order valence-electron chi connectivity index (χ3n) is 3.41. The molecule has 1 saturated carbocycles. The molecule has 21 heavy (non-hydrogen) atoms. The van der Waals surface area contributed by atoms with Crippen LogP contribution in [0.3, 0.4) is 0 Å². The summed E-state index contributed by atoms with van der Waals surface area (Å²) in [4.78, 5) is 13.6. The third-order valence-corrected chi connectivity index (χ3v) is 4.39. The van der Waals surface area contributed by atoms with E-state index in [2.05, 4.69) is 10.2 Å². The minimum absolute atomic E-state index is 0.103. The first-order chi connectivity index (χ1) is 9.86. The molecular weight excluding hydrogens is 296 g/mol. The van der Waals surface area contributed by atoms with Crippen molar-refractivity contribution in [3.8, 4) is 0 Å². The van der Waals surface area contributed by atoms with Crippen molar-refractivity contribution in [1.82, 2.24) is 15.1 Å². The van der Waals surface area contributed by atoms with Crippen LogP contribution in [0.1, 0.15) is 41.4 Å². The summed E-state index contributed by atoms with van der Waals surface area (Å²) in [7, 11) is -0.822. The van der Waals surface area contributed by atoms with Crippen LogP contribution in [0.5, 0.6) is 0 Å². The van der Waals surface area contributed by atoms with Gasteiger partial charge in [0.05, 0.1) is 5.69 Å². The van der Waals surface area contributed by atoms with Crippen molar-refractivity contribution >= 4 is 15.9 Å². The van der Waals surface area contributed by atoms with Gasteiger partial charge in [-0.2, -0.15) is 5.10 Å². The quantitative estimate of drug-likeness (QED) is 0.689. The van der Waals surface area contributed by atoms with Crippen LogP contribution in [0, 0.1) is 0 Å². The van der Waals surface area contributed by atoms with E-state index in [0.29, 0.717) is 25.3 Å². The number of hydrogen-bond donors (Lipinski definition) is 2. The van der Waals surface area contributed by atoms with Crippen molar-refractivity contribution in [3.05, 3.63) is 11.4 Å². The van der Waals surface area contributed by atoms with Crippen molar-refractivity contribution < 1.29 is 17.9 Å². The number of sulfonamides is 1. The zero-order valence-corrected chi connectivity index (χ0v) is 12.9. The lowest BCUT2D eigenvalue weighted by atomic mass is 10.2. The van der Waals surface area contributed by atoms with E-state index in [1.807, 2.05) is 0 Å². The summed E-state index contributed by atoms with van der Waals surface area (Å²) < 4.78 is 28.5. The summed E-state index contributed by atoms with van der Waals surface area (Å²) in [5, 5.41) is 11.8. The molecule has 1 fully saturated rings. The fraction of sp³-hybridized carbons (Fsp3) is 0.667. The molecule has 0 unspecified atom stereocenters. The summed E-state index contributed by atoms with van der Waals surface area (Å²) >= 11 is 0. The molecule has 0 atom stereocenters. The minimum Gasteiger partial charge on any atom is -0.385 e. The van der Waals surface area contributed by atoms with E-state index in [4.69, 9.17) is 9.88 Å². The maximum atomic E-state index is 12.3. The topological polar surface area (TPSA) is 118 Å². The Morgan fingerprint density at radius 1 is 1.52 bits per heavy atom. The zero-order chi connectivity index (χ0) is 15.6. The number of aromatic amines is 1. The molecule has 0 radical (unpaired) electrons. The number of nitrogens with two attached hydrogens (primary N) is 1. The second-order valence-corrected chi connectivity index (χ2v) is 6.71. The maximum absolute atomic E-state index is 12.3. The Morgan fingerprint density at radius 2 is 2.19 bits per heavy atom. The van der Waals surface area contributed by atoms with Gasteiger partial charge in [-0.15, -0.1) is 0 Å². The van der Waals surface area contributed by atoms with Gasteiger partial charge in [-0.25, -0.2) is 13.6 Å². The monoisotopic (exact) mass is 316 g/mol. The number of carbonyl (C=O) groups is 1. The van der Waals surface area contributed by atoms with Crippen LogP contribution in [0.25, 0.3) is 0 Å². The highest BCUT2D eigenvalue weighted by Crippen LogP contribution is 2.42. The van der Waals surface area contributed by atoms with Gasteiger partial charge in [0.15, 0.2) is 5.69 Å². The van der Waals surface area contributed by atoms with E-state index in [-0.39, 0.29) is 16.5 Å². The number of methoxy groups -OCH3 is 1. The molecular formula is C12H20N4O4S. The van der Waals surface area contributed by atoms with Crippen LogP contribution in [0.4, 0.5) is 0 Å². The predicted molar refractivity (Wildman–Crippen MR) is 75.4 cm³/mol. The fourth-order valence-corrected chi connectivity index (χ4v) is 3.08. The van der Waals surface area contributed by atoms with E-state index in [9.17, 15) is 13.2 Å². The Bertz CT molecular complexity index is 621. The Hall–Kier alpha value is -1.45. The van der Waals surface area contributed by atoms with E-state index in [1.165, 1.54) is 4.90 Å². The summed E-state index contributed by atoms with van der Waals surface area (Å²) in [5.41, 5.74) is 0.324. The van der Waals surface area contributed by atoms with E-state index in [1.54, 1.807) is 14.2 Å². The number of nitrogens with one attached hydrogen (secondary N) is 1. The van der Waals surface area contributed by atoms with Crippen LogP contribution in [0.15, 0.2) is 4.90 Å². The second-order valence-electron chi connectivity index (χ2n) is 5.21. The molecule has 3 N–H and O–H groups in total. The van der Waals surface area contributed by atoms with Gasteiger partial charge in [-0.1, -0.05) is 0 Å². The SMILES string of the molecule is COCCCN(C)C(=O)c1n[nH]c(C2CC2)c1S(N)(=O)=O. The molecule has 1 amide bonds. The molecule has 1 aromatic heterocycles. The number of ether oxygens (including phenoxy) is 1. The molecule has 1 aliphatic carbocycles. The summed E-state index contributed by atoms with van der Waals surface area (Å²) in [6.45, 7) is 0.968. The van der Waals surface area contributed by atoms with Gasteiger partial charge in [-0.05, 0) is 19.3 Å². The van der Waals surface area contributed by atoms with Crippen molar-refractivity contribution in [1.29, 1.82) is 0 Å². The van der Waals surface area contributed by atoms with Gasteiger partial charge in [0.1, 0.15) is 4.90 Å². The standard InChI is InChI=1S/C12H20N4O4S/c1-16(6-3-7-20-2)12(17)10-11(21(13,18)19)9(14-15-10)8-4-5-8/h8H,3-7H2,1-2H3,(H,14,15)(H2,13,18,19). The Morgan fingerprint density at radius 3 is 2.71 bits per heavy atom. The second kappa shape index (κ2) is 6.12. The zero-order valence-electron chi connectivity index (χ0n) is 12.1. The minimum atomic E-state index is -4.00. The van der Waals surface area contributed by atoms with Crippen LogP contribution >= 0.6 is 0 Å². The fourth-order valence-electron chi connectivity index (χ4n) is 2.16. The Kier molecular flexibility index (Phi) is 4.64. The third kappa shape index (κ3) is 3.60. The van der Waals surface area contributed by atoms with Gasteiger partial charge in [0.2, 0.25) is 10.0 Å². The Balaban J connectivity index is 2.25. The Labute approximate surface area is 123 Å². The highest BCUT2D eigenvalue weighted by Gasteiger charge is 2.36. The number of amides is 1. The molecule has 1 aromatic rings. The molecule has 0 saturated heterocycles. The first-order valence-electron chi connectivity index (χ1n) is 6.71. The maximum Gasteiger partial charge on any atom is 0.275 e. The number of H-pyrrole nitrogens is 1. The molecule has 0 aliphatic heterocycles. The number of aromatic nitrogens is 2. The number of carbonyl (C=O) groups excluding carboxylic acids is 1. The van der Waals surface area contributed by atoms with Crippen molar-refractivity contribution in [2.75, 3.05) is 27.3 Å². The lowest BCUT2D eigenvalue weighted by Gasteiger charge is -2.16. The summed E-state index contributed by atoms with van der Waals surface area (Å²) in [6.07, 6.45) is 2.41. The molecule has 1 aliphatic rings. The van der Waals surface area contributed by atoms with Crippen LogP contribution in [-0.2, 0) is 14.8 Å². The van der Waals surface area contributed by atoms with Crippen LogP contribution in [0.2, 0.25) is 0 Å². The van der Waals surface area contributed by atoms with Crippen molar-refractivity contribution in [2.45, 2.75) is 30.1 Å². The number of nitrogens with zero attached hydrogens (tertiary/aromatic N) is 2. The van der Waals surface area contributed by atoms with E-state index < -0.39 is 15.9 Å². The van der Waals surface area contributed by atoms with Crippen LogP contribution in [-0.4, -0.2) is 56.7 Å². The first-order valence-corrected chi connectivity index (χ1v) is 8.26. The molecule has 1 heterocycles. The van der Waals surface area contributed by atoms with Crippen molar-refractivity contribution in [3.63, 3.8) is 0 Å². The molecule has 8 nitrogen and oxygen atoms in total. The van der Waals surface area contributed by atoms with Gasteiger partial charge >= 0.3 is 0 Å². The van der Waals surface area contributed by atoms with Gasteiger partial charge < -0.3 is 9.64 Å². The van der Waals surface area contributed by atoms with Gasteiger partial charge in [0, 0.05) is 33.2 Å². The average Bonchev–Trinajstić information content (AvgIpc) is 3.15. The molecule has 0 spiro atoms. The van der Waals surface area contributed by atoms with Gasteiger partial charge in [0.25, 0.3) is 5.91 Å². The van der Waals surface area contributed by atoms with E-state index in [0.717, 1.165) is 12.8 Å². The van der Waals surface area contributed by atoms with Crippen molar-refractivity contribution in [2.24, 2.45) is 5.14 Å². The largest absolute Gasteiger partial charge is 0.385 e. The van der Waals surface area contributed by atoms with E-state index >= 15 is 0 Å². The molecule has 0 aromatic carbocycles. The lowest BCUT2D eigenvalue weighted by molar-refractivity contribution is 0.0769. The molecule has 9 heteroatoms. The average molecular weight is 316 g/mol. The summed E-state index contributed by atoms with van der Waals surface area (Å²) in [6, 6.07) is 0. The highest BCUT2D eigenvalue weighted by atomic mass is 32.2. The number of hydrogen-bond acceptors (Lipinski definition) is 5. The van der Waals surface area contributed by atoms with Crippen LogP contribution < -0.4 is 5.14 Å². The highest BCUT2D eigenvalue weighted by molar-refractivity contribution is 7.89. The number of rotatable bonds is 7. The van der Waals surface area contributed by atoms with Gasteiger partial charge in [-0.3, -0.25) is 9.89 Å². The molecule has 0 bridgehead atoms.